The van der Waals surface area contributed by atoms with E-state index in [2.05, 4.69) is 86.8 Å². The fourth-order valence-electron chi connectivity index (χ4n) is 2.65. The van der Waals surface area contributed by atoms with Gasteiger partial charge in [-0.3, -0.25) is 0 Å². The van der Waals surface area contributed by atoms with E-state index < -0.39 is 0 Å². The highest BCUT2D eigenvalue weighted by Gasteiger charge is 2.17. The zero-order chi connectivity index (χ0) is 14.3. The van der Waals surface area contributed by atoms with Gasteiger partial charge in [-0.15, -0.1) is 0 Å². The smallest absolute Gasteiger partial charge is 0.0557 e. The van der Waals surface area contributed by atoms with Crippen LogP contribution in [0.5, 0.6) is 0 Å². The van der Waals surface area contributed by atoms with Crippen LogP contribution < -0.4 is 0 Å². The number of hydrogen-bond donors (Lipinski definition) is 0. The van der Waals surface area contributed by atoms with Crippen molar-refractivity contribution >= 4 is 5.52 Å². The van der Waals surface area contributed by atoms with Crippen molar-refractivity contribution in [1.82, 2.24) is 4.40 Å². The molecule has 1 nitrogen and oxygen atoms in total. The molecule has 0 aliphatic carbocycles. The fraction of sp³-hybridized carbons (Fsp3) is 0.263. The SMILES string of the molecule is Cc1ccc2cc(C(C)(C)C)cn2c1-c1ccccc1. The Bertz CT molecular complexity index is 743. The Hall–Kier alpha value is -2.02. The Morgan fingerprint density at radius 2 is 1.60 bits per heavy atom. The number of nitrogens with zero attached hydrogens (tertiary/aromatic N) is 1. The molecule has 0 aliphatic rings. The van der Waals surface area contributed by atoms with Gasteiger partial charge in [0.05, 0.1) is 5.69 Å². The second-order valence-corrected chi connectivity index (χ2v) is 6.50. The third-order valence-corrected chi connectivity index (χ3v) is 3.88. The Balaban J connectivity index is 2.31. The van der Waals surface area contributed by atoms with Crippen LogP contribution in [0.1, 0.15) is 31.9 Å². The monoisotopic (exact) mass is 263 g/mol. The second kappa shape index (κ2) is 4.52. The lowest BCUT2D eigenvalue weighted by atomic mass is 9.89. The predicted octanol–water partition coefficient (Wildman–Crippen LogP) is 5.21. The first-order chi connectivity index (χ1) is 9.47. The van der Waals surface area contributed by atoms with Gasteiger partial charge in [0.15, 0.2) is 0 Å². The summed E-state index contributed by atoms with van der Waals surface area (Å²) in [7, 11) is 0. The van der Waals surface area contributed by atoms with Crippen molar-refractivity contribution < 1.29 is 0 Å². The van der Waals surface area contributed by atoms with Gasteiger partial charge in [0.2, 0.25) is 0 Å². The summed E-state index contributed by atoms with van der Waals surface area (Å²) < 4.78 is 2.32. The van der Waals surface area contributed by atoms with Crippen LogP contribution in [-0.4, -0.2) is 4.40 Å². The molecule has 0 saturated carbocycles. The highest BCUT2D eigenvalue weighted by molar-refractivity contribution is 5.69. The first-order valence-corrected chi connectivity index (χ1v) is 7.14. The van der Waals surface area contributed by atoms with Gasteiger partial charge in [0, 0.05) is 11.7 Å². The average Bonchev–Trinajstić information content (AvgIpc) is 2.83. The van der Waals surface area contributed by atoms with E-state index in [-0.39, 0.29) is 5.41 Å². The molecule has 2 heterocycles. The lowest BCUT2D eigenvalue weighted by Crippen LogP contribution is -2.09. The molecule has 0 radical (unpaired) electrons. The maximum atomic E-state index is 2.32. The van der Waals surface area contributed by atoms with Gasteiger partial charge in [-0.25, -0.2) is 0 Å². The van der Waals surface area contributed by atoms with Crippen molar-refractivity contribution in [1.29, 1.82) is 0 Å². The maximum absolute atomic E-state index is 2.32. The molecule has 0 unspecified atom stereocenters. The largest absolute Gasteiger partial charge is 0.316 e. The quantitative estimate of drug-likeness (QED) is 0.567. The molecule has 0 N–H and O–H groups in total. The lowest BCUT2D eigenvalue weighted by Gasteiger charge is -2.15. The first-order valence-electron chi connectivity index (χ1n) is 7.14. The van der Waals surface area contributed by atoms with Gasteiger partial charge >= 0.3 is 0 Å². The number of benzene rings is 1. The number of aryl methyl sites for hydroxylation is 1. The summed E-state index contributed by atoms with van der Waals surface area (Å²) in [5.74, 6) is 0. The van der Waals surface area contributed by atoms with Gasteiger partial charge in [-0.2, -0.15) is 0 Å². The van der Waals surface area contributed by atoms with Gasteiger partial charge in [-0.05, 0) is 41.2 Å². The summed E-state index contributed by atoms with van der Waals surface area (Å²) >= 11 is 0. The van der Waals surface area contributed by atoms with Gasteiger partial charge in [0.25, 0.3) is 0 Å². The molecule has 1 heteroatoms. The molecule has 0 bridgehead atoms. The van der Waals surface area contributed by atoms with Crippen molar-refractivity contribution in [2.24, 2.45) is 0 Å². The second-order valence-electron chi connectivity index (χ2n) is 6.50. The van der Waals surface area contributed by atoms with Crippen molar-refractivity contribution in [3.63, 3.8) is 0 Å². The van der Waals surface area contributed by atoms with Crippen LogP contribution in [0.3, 0.4) is 0 Å². The van der Waals surface area contributed by atoms with E-state index >= 15 is 0 Å². The molecule has 2 aromatic heterocycles. The molecule has 0 fully saturated rings. The number of fused-ring (bicyclic) bond motifs is 1. The molecule has 0 atom stereocenters. The zero-order valence-corrected chi connectivity index (χ0v) is 12.6. The fourth-order valence-corrected chi connectivity index (χ4v) is 2.65. The van der Waals surface area contributed by atoms with E-state index in [0.717, 1.165) is 0 Å². The molecule has 102 valence electrons. The van der Waals surface area contributed by atoms with Crippen molar-refractivity contribution in [3.05, 3.63) is 65.9 Å². The summed E-state index contributed by atoms with van der Waals surface area (Å²) in [6.45, 7) is 8.96. The maximum Gasteiger partial charge on any atom is 0.0557 e. The molecule has 20 heavy (non-hydrogen) atoms. The first kappa shape index (κ1) is 13.0. The van der Waals surface area contributed by atoms with Gasteiger partial charge < -0.3 is 4.40 Å². The summed E-state index contributed by atoms with van der Waals surface area (Å²) in [6, 6.07) is 17.3. The molecule has 0 amide bonds. The topological polar surface area (TPSA) is 4.41 Å². The zero-order valence-electron chi connectivity index (χ0n) is 12.6. The Labute approximate surface area is 120 Å². The lowest BCUT2D eigenvalue weighted by molar-refractivity contribution is 0.590. The van der Waals surface area contributed by atoms with E-state index in [4.69, 9.17) is 0 Å². The molecular weight excluding hydrogens is 242 g/mol. The Morgan fingerprint density at radius 1 is 0.900 bits per heavy atom. The minimum absolute atomic E-state index is 0.174. The summed E-state index contributed by atoms with van der Waals surface area (Å²) in [4.78, 5) is 0. The number of aromatic nitrogens is 1. The van der Waals surface area contributed by atoms with E-state index in [9.17, 15) is 0 Å². The van der Waals surface area contributed by atoms with Crippen LogP contribution in [0.2, 0.25) is 0 Å². The van der Waals surface area contributed by atoms with Crippen LogP contribution in [0.25, 0.3) is 16.8 Å². The Morgan fingerprint density at radius 3 is 2.25 bits per heavy atom. The Kier molecular flexibility index (Phi) is 2.93. The third-order valence-electron chi connectivity index (χ3n) is 3.88. The van der Waals surface area contributed by atoms with E-state index in [1.807, 2.05) is 0 Å². The minimum Gasteiger partial charge on any atom is -0.316 e. The van der Waals surface area contributed by atoms with Crippen LogP contribution in [0, 0.1) is 6.92 Å². The number of hydrogen-bond acceptors (Lipinski definition) is 0. The normalized spacial score (nSPS) is 12.0. The number of pyridine rings is 1. The third kappa shape index (κ3) is 2.14. The molecule has 0 saturated heterocycles. The molecular formula is C19H21N. The standard InChI is InChI=1S/C19H21N/c1-14-10-11-17-12-16(19(2,3)4)13-20(17)18(14)15-8-6-5-7-9-15/h5-13H,1-4H3. The number of rotatable bonds is 1. The summed E-state index contributed by atoms with van der Waals surface area (Å²) in [5, 5.41) is 0. The summed E-state index contributed by atoms with van der Waals surface area (Å²) in [6.07, 6.45) is 2.28. The van der Waals surface area contributed by atoms with Crippen molar-refractivity contribution in [3.8, 4) is 11.3 Å². The van der Waals surface area contributed by atoms with Crippen LogP contribution >= 0.6 is 0 Å². The highest BCUT2D eigenvalue weighted by atomic mass is 14.9. The van der Waals surface area contributed by atoms with Gasteiger partial charge in [0.1, 0.15) is 0 Å². The molecule has 0 aliphatic heterocycles. The summed E-state index contributed by atoms with van der Waals surface area (Å²) in [5.41, 5.74) is 6.68. The van der Waals surface area contributed by atoms with E-state index in [1.54, 1.807) is 0 Å². The molecule has 1 aromatic carbocycles. The van der Waals surface area contributed by atoms with Crippen molar-refractivity contribution in [2.75, 3.05) is 0 Å². The van der Waals surface area contributed by atoms with Crippen LogP contribution in [0.4, 0.5) is 0 Å². The highest BCUT2D eigenvalue weighted by Crippen LogP contribution is 2.30. The molecule has 0 spiro atoms. The van der Waals surface area contributed by atoms with Crippen LogP contribution in [0.15, 0.2) is 54.7 Å². The predicted molar refractivity (Wildman–Crippen MR) is 86.3 cm³/mol. The molecule has 3 rings (SSSR count). The average molecular weight is 263 g/mol. The van der Waals surface area contributed by atoms with Crippen molar-refractivity contribution in [2.45, 2.75) is 33.1 Å². The van der Waals surface area contributed by atoms with E-state index in [1.165, 1.54) is 27.9 Å². The van der Waals surface area contributed by atoms with Gasteiger partial charge in [-0.1, -0.05) is 57.2 Å². The molecule has 3 aromatic rings. The van der Waals surface area contributed by atoms with E-state index in [0.29, 0.717) is 0 Å². The minimum atomic E-state index is 0.174. The van der Waals surface area contributed by atoms with Crippen LogP contribution in [-0.2, 0) is 5.41 Å².